The van der Waals surface area contributed by atoms with Crippen molar-refractivity contribution < 1.29 is 4.79 Å². The predicted molar refractivity (Wildman–Crippen MR) is 130 cm³/mol. The van der Waals surface area contributed by atoms with E-state index in [2.05, 4.69) is 90.2 Å². The van der Waals surface area contributed by atoms with Gasteiger partial charge in [-0.3, -0.25) is 0 Å². The molecule has 0 unspecified atom stereocenters. The van der Waals surface area contributed by atoms with Crippen molar-refractivity contribution >= 4 is 17.8 Å². The summed E-state index contributed by atoms with van der Waals surface area (Å²) in [7, 11) is 0. The van der Waals surface area contributed by atoms with Gasteiger partial charge < -0.3 is 10.2 Å². The van der Waals surface area contributed by atoms with Crippen LogP contribution in [0, 0.1) is 5.92 Å². The van der Waals surface area contributed by atoms with Crippen LogP contribution in [-0.4, -0.2) is 24.0 Å². The van der Waals surface area contributed by atoms with E-state index < -0.39 is 0 Å². The number of urea groups is 1. The molecule has 30 heavy (non-hydrogen) atoms. The van der Waals surface area contributed by atoms with Crippen molar-refractivity contribution in [3.05, 3.63) is 70.8 Å². The average Bonchev–Trinajstić information content (AvgIpc) is 2.67. The first kappa shape index (κ1) is 23.7. The summed E-state index contributed by atoms with van der Waals surface area (Å²) in [5.74, 6) is 1.08. The topological polar surface area (TPSA) is 32.3 Å². The zero-order valence-corrected chi connectivity index (χ0v) is 19.7. The third-order valence-electron chi connectivity index (χ3n) is 5.13. The number of anilines is 1. The van der Waals surface area contributed by atoms with Crippen LogP contribution >= 0.6 is 0 Å². The van der Waals surface area contributed by atoms with Gasteiger partial charge >= 0.3 is 6.03 Å². The molecule has 3 heteroatoms. The molecular formula is C27H38N2O. The minimum Gasteiger partial charge on any atom is -0.320 e. The lowest BCUT2D eigenvalue weighted by atomic mass is 9.93. The van der Waals surface area contributed by atoms with Crippen LogP contribution in [0.4, 0.5) is 10.5 Å². The molecule has 1 N–H and O–H groups in total. The van der Waals surface area contributed by atoms with E-state index in [0.717, 1.165) is 11.3 Å². The fourth-order valence-corrected chi connectivity index (χ4v) is 3.72. The summed E-state index contributed by atoms with van der Waals surface area (Å²) in [4.78, 5) is 15.3. The highest BCUT2D eigenvalue weighted by molar-refractivity contribution is 5.91. The second kappa shape index (κ2) is 11.0. The van der Waals surface area contributed by atoms with Gasteiger partial charge in [0, 0.05) is 18.8 Å². The molecule has 0 aliphatic heterocycles. The Bertz CT molecular complexity index is 824. The van der Waals surface area contributed by atoms with E-state index in [1.165, 1.54) is 16.7 Å². The van der Waals surface area contributed by atoms with Crippen LogP contribution in [0.2, 0.25) is 0 Å². The third kappa shape index (κ3) is 6.76. The van der Waals surface area contributed by atoms with E-state index >= 15 is 0 Å². The molecule has 2 aromatic carbocycles. The quantitative estimate of drug-likeness (QED) is 0.483. The SMILES string of the molecule is C/C(=C\c1ccccc1)CN(CC(C)C)C(=O)Nc1c(C(C)C)cccc1C(C)C. The van der Waals surface area contributed by atoms with Crippen LogP contribution in [0.5, 0.6) is 0 Å². The Morgan fingerprint density at radius 3 is 1.97 bits per heavy atom. The van der Waals surface area contributed by atoms with Gasteiger partial charge in [-0.2, -0.15) is 0 Å². The smallest absolute Gasteiger partial charge is 0.320 e. The maximum absolute atomic E-state index is 13.4. The number of rotatable bonds is 8. The molecule has 2 aromatic rings. The van der Waals surface area contributed by atoms with E-state index in [4.69, 9.17) is 0 Å². The van der Waals surface area contributed by atoms with Crippen molar-refractivity contribution in [2.45, 2.75) is 60.3 Å². The average molecular weight is 407 g/mol. The van der Waals surface area contributed by atoms with E-state index in [0.29, 0.717) is 30.8 Å². The maximum Gasteiger partial charge on any atom is 0.322 e. The second-order valence-corrected chi connectivity index (χ2v) is 9.23. The third-order valence-corrected chi connectivity index (χ3v) is 5.13. The van der Waals surface area contributed by atoms with E-state index in [1.807, 2.05) is 23.1 Å². The molecule has 0 fully saturated rings. The van der Waals surface area contributed by atoms with Crippen LogP contribution < -0.4 is 5.32 Å². The number of hydrogen-bond acceptors (Lipinski definition) is 1. The molecule has 3 nitrogen and oxygen atoms in total. The van der Waals surface area contributed by atoms with Crippen LogP contribution in [0.25, 0.3) is 6.08 Å². The zero-order chi connectivity index (χ0) is 22.3. The van der Waals surface area contributed by atoms with Gasteiger partial charge in [0.25, 0.3) is 0 Å². The highest BCUT2D eigenvalue weighted by atomic mass is 16.2. The Labute approximate surface area is 183 Å². The van der Waals surface area contributed by atoms with Gasteiger partial charge in [0.05, 0.1) is 0 Å². The van der Waals surface area contributed by atoms with E-state index in [-0.39, 0.29) is 6.03 Å². The first-order valence-corrected chi connectivity index (χ1v) is 11.1. The molecule has 0 aliphatic carbocycles. The Morgan fingerprint density at radius 1 is 0.900 bits per heavy atom. The first-order chi connectivity index (χ1) is 14.2. The van der Waals surface area contributed by atoms with E-state index in [1.54, 1.807) is 0 Å². The largest absolute Gasteiger partial charge is 0.322 e. The van der Waals surface area contributed by atoms with Gasteiger partial charge in [0.1, 0.15) is 0 Å². The van der Waals surface area contributed by atoms with Crippen molar-refractivity contribution in [3.63, 3.8) is 0 Å². The molecule has 0 saturated heterocycles. The summed E-state index contributed by atoms with van der Waals surface area (Å²) >= 11 is 0. The molecule has 0 heterocycles. The van der Waals surface area contributed by atoms with Gasteiger partial charge in [0.2, 0.25) is 0 Å². The molecule has 2 rings (SSSR count). The van der Waals surface area contributed by atoms with Crippen molar-refractivity contribution in [1.82, 2.24) is 4.90 Å². The van der Waals surface area contributed by atoms with Crippen molar-refractivity contribution in [3.8, 4) is 0 Å². The molecule has 0 aliphatic rings. The molecule has 162 valence electrons. The van der Waals surface area contributed by atoms with Gasteiger partial charge in [-0.1, -0.05) is 102 Å². The van der Waals surface area contributed by atoms with Crippen molar-refractivity contribution in [1.29, 1.82) is 0 Å². The molecule has 0 radical (unpaired) electrons. The fraction of sp³-hybridized carbons (Fsp3) is 0.444. The highest BCUT2D eigenvalue weighted by Crippen LogP contribution is 2.32. The number of nitrogens with one attached hydrogen (secondary N) is 1. The lowest BCUT2D eigenvalue weighted by Crippen LogP contribution is -2.39. The summed E-state index contributed by atoms with van der Waals surface area (Å²) in [5.41, 5.74) is 5.68. The van der Waals surface area contributed by atoms with Gasteiger partial charge in [-0.05, 0) is 41.4 Å². The normalized spacial score (nSPS) is 12.0. The van der Waals surface area contributed by atoms with Crippen LogP contribution in [0.3, 0.4) is 0 Å². The number of carbonyl (C=O) groups is 1. The minimum atomic E-state index is -0.0282. The minimum absolute atomic E-state index is 0.0282. The van der Waals surface area contributed by atoms with E-state index in [9.17, 15) is 4.79 Å². The highest BCUT2D eigenvalue weighted by Gasteiger charge is 2.20. The lowest BCUT2D eigenvalue weighted by molar-refractivity contribution is 0.209. The Kier molecular flexibility index (Phi) is 8.71. The van der Waals surface area contributed by atoms with Crippen LogP contribution in [0.15, 0.2) is 54.1 Å². The summed E-state index contributed by atoms with van der Waals surface area (Å²) in [6.07, 6.45) is 2.15. The number of amides is 2. The molecule has 2 amide bonds. The molecule has 0 spiro atoms. The second-order valence-electron chi connectivity index (χ2n) is 9.23. The molecule has 0 aromatic heterocycles. The maximum atomic E-state index is 13.4. The first-order valence-electron chi connectivity index (χ1n) is 11.1. The Balaban J connectivity index is 2.29. The summed E-state index contributed by atoms with van der Waals surface area (Å²) < 4.78 is 0. The summed E-state index contributed by atoms with van der Waals surface area (Å²) in [5, 5.41) is 3.28. The summed E-state index contributed by atoms with van der Waals surface area (Å²) in [6, 6.07) is 16.6. The molecular weight excluding hydrogens is 368 g/mol. The van der Waals surface area contributed by atoms with Gasteiger partial charge in [-0.25, -0.2) is 4.79 Å². The molecule has 0 saturated carbocycles. The van der Waals surface area contributed by atoms with Crippen molar-refractivity contribution in [2.75, 3.05) is 18.4 Å². The predicted octanol–water partition coefficient (Wildman–Crippen LogP) is 7.53. The molecule has 0 atom stereocenters. The standard InChI is InChI=1S/C27H38N2O/c1-19(2)17-29(18-22(7)16-23-12-9-8-10-13-23)27(30)28-26-24(20(3)4)14-11-15-25(26)21(5)6/h8-16,19-21H,17-18H2,1-7H3,(H,28,30)/b22-16+. The molecule has 0 bridgehead atoms. The van der Waals surface area contributed by atoms with Gasteiger partial charge in [0.15, 0.2) is 0 Å². The monoisotopic (exact) mass is 406 g/mol. The number of benzene rings is 2. The van der Waals surface area contributed by atoms with Crippen LogP contribution in [-0.2, 0) is 0 Å². The van der Waals surface area contributed by atoms with Crippen LogP contribution in [0.1, 0.15) is 77.0 Å². The summed E-state index contributed by atoms with van der Waals surface area (Å²) in [6.45, 7) is 16.4. The van der Waals surface area contributed by atoms with Crippen molar-refractivity contribution in [2.24, 2.45) is 5.92 Å². The number of nitrogens with zero attached hydrogens (tertiary/aromatic N) is 1. The lowest BCUT2D eigenvalue weighted by Gasteiger charge is -2.28. The Hall–Kier alpha value is -2.55. The fourth-order valence-electron chi connectivity index (χ4n) is 3.72. The van der Waals surface area contributed by atoms with Gasteiger partial charge in [-0.15, -0.1) is 0 Å². The zero-order valence-electron chi connectivity index (χ0n) is 19.7. The Morgan fingerprint density at radius 2 is 1.47 bits per heavy atom. The number of para-hydroxylation sites is 1. The number of carbonyl (C=O) groups excluding carboxylic acids is 1. The number of hydrogen-bond donors (Lipinski definition) is 1.